The molecule has 1 saturated heterocycles. The minimum Gasteiger partial charge on any atom is -0.377 e. The number of nitrogens with one attached hydrogen (secondary N) is 1. The molecule has 2 aliphatic heterocycles. The number of fused-ring (bicyclic) bond motifs is 1. The van der Waals surface area contributed by atoms with Crippen molar-refractivity contribution in [2.75, 3.05) is 39.2 Å². The number of piperidine rings is 1. The van der Waals surface area contributed by atoms with E-state index in [9.17, 15) is 9.59 Å². The number of carbonyl (C=O) groups is 2. The summed E-state index contributed by atoms with van der Waals surface area (Å²) in [4.78, 5) is 37.6. The van der Waals surface area contributed by atoms with E-state index in [0.717, 1.165) is 18.7 Å². The van der Waals surface area contributed by atoms with Gasteiger partial charge in [0.2, 0.25) is 5.89 Å². The molecule has 168 valence electrons. The highest BCUT2D eigenvalue weighted by Gasteiger charge is 2.33. The third kappa shape index (κ3) is 4.68. The molecule has 0 aliphatic carbocycles. The molecule has 12 heteroatoms. The highest BCUT2D eigenvalue weighted by Crippen LogP contribution is 2.27. The monoisotopic (exact) mass is 432 g/mol. The Balaban J connectivity index is 1.33. The summed E-state index contributed by atoms with van der Waals surface area (Å²) in [6.07, 6.45) is 3.01. The third-order valence-electron chi connectivity index (χ3n) is 5.59. The van der Waals surface area contributed by atoms with Gasteiger partial charge in [0, 0.05) is 46.8 Å². The van der Waals surface area contributed by atoms with Gasteiger partial charge in [-0.2, -0.15) is 10.1 Å². The first-order valence-electron chi connectivity index (χ1n) is 10.5. The number of ether oxygens (including phenoxy) is 1. The lowest BCUT2D eigenvalue weighted by molar-refractivity contribution is -0.147. The maximum Gasteiger partial charge on any atom is 0.311 e. The van der Waals surface area contributed by atoms with Crippen molar-refractivity contribution in [2.24, 2.45) is 0 Å². The van der Waals surface area contributed by atoms with Crippen molar-refractivity contribution in [1.29, 1.82) is 0 Å². The topological polar surface area (TPSA) is 132 Å². The van der Waals surface area contributed by atoms with E-state index < -0.39 is 11.8 Å². The first-order valence-corrected chi connectivity index (χ1v) is 10.5. The van der Waals surface area contributed by atoms with Crippen LogP contribution in [0.15, 0.2) is 4.52 Å². The highest BCUT2D eigenvalue weighted by molar-refractivity contribution is 6.35. The molecule has 12 nitrogen and oxygen atoms in total. The van der Waals surface area contributed by atoms with E-state index in [-0.39, 0.29) is 12.0 Å². The smallest absolute Gasteiger partial charge is 0.311 e. The Labute approximate surface area is 179 Å². The summed E-state index contributed by atoms with van der Waals surface area (Å²) >= 11 is 0. The van der Waals surface area contributed by atoms with E-state index in [4.69, 9.17) is 9.26 Å². The van der Waals surface area contributed by atoms with Gasteiger partial charge in [-0.1, -0.05) is 0 Å². The van der Waals surface area contributed by atoms with Gasteiger partial charge in [-0.15, -0.1) is 0 Å². The molecule has 1 fully saturated rings. The fourth-order valence-corrected chi connectivity index (χ4v) is 4.00. The Morgan fingerprint density at radius 3 is 2.84 bits per heavy atom. The summed E-state index contributed by atoms with van der Waals surface area (Å²) in [6.45, 7) is 1.76. The van der Waals surface area contributed by atoms with Gasteiger partial charge in [0.05, 0.1) is 12.5 Å². The Bertz CT molecular complexity index is 939. The van der Waals surface area contributed by atoms with Crippen LogP contribution in [0.25, 0.3) is 0 Å². The van der Waals surface area contributed by atoms with Gasteiger partial charge in [0.15, 0.2) is 5.82 Å². The Kier molecular flexibility index (Phi) is 6.16. The number of methoxy groups -OCH3 is 1. The Morgan fingerprint density at radius 2 is 2.10 bits per heavy atom. The quantitative estimate of drug-likeness (QED) is 0.633. The molecule has 2 atom stereocenters. The Hall–Kier alpha value is -3.02. The fourth-order valence-electron chi connectivity index (χ4n) is 4.00. The molecule has 0 saturated carbocycles. The lowest BCUT2D eigenvalue weighted by atomic mass is 9.98. The van der Waals surface area contributed by atoms with Crippen LogP contribution in [0.1, 0.15) is 42.7 Å². The van der Waals surface area contributed by atoms with Crippen LogP contribution < -0.4 is 10.2 Å². The molecule has 1 N–H and O–H groups in total. The number of aryl methyl sites for hydroxylation is 1. The van der Waals surface area contributed by atoms with Crippen LogP contribution in [-0.4, -0.2) is 82.0 Å². The zero-order valence-corrected chi connectivity index (χ0v) is 18.1. The first kappa shape index (κ1) is 21.2. The lowest BCUT2D eigenvalue weighted by Gasteiger charge is -2.31. The normalized spacial score (nSPS) is 20.9. The van der Waals surface area contributed by atoms with Gasteiger partial charge in [-0.25, -0.2) is 9.67 Å². The number of likely N-dealkylation sites (tertiary alicyclic amines) is 1. The molecule has 2 aromatic heterocycles. The summed E-state index contributed by atoms with van der Waals surface area (Å²) in [7, 11) is 5.27. The summed E-state index contributed by atoms with van der Waals surface area (Å²) in [6, 6.07) is -0.166. The van der Waals surface area contributed by atoms with E-state index in [0.29, 0.717) is 56.7 Å². The van der Waals surface area contributed by atoms with Crippen LogP contribution in [0.3, 0.4) is 0 Å². The molecule has 0 aromatic carbocycles. The van der Waals surface area contributed by atoms with E-state index in [1.807, 2.05) is 14.1 Å². The number of aromatic nitrogens is 5. The van der Waals surface area contributed by atoms with Gasteiger partial charge in [0.25, 0.3) is 5.95 Å². The van der Waals surface area contributed by atoms with Crippen molar-refractivity contribution in [3.63, 3.8) is 0 Å². The maximum atomic E-state index is 12.8. The predicted molar refractivity (Wildman–Crippen MR) is 108 cm³/mol. The van der Waals surface area contributed by atoms with Crippen molar-refractivity contribution in [1.82, 2.24) is 35.1 Å². The molecule has 2 aliphatic rings. The number of carbonyl (C=O) groups excluding carboxylic acids is 2. The molecule has 31 heavy (non-hydrogen) atoms. The van der Waals surface area contributed by atoms with Crippen molar-refractivity contribution in [3.05, 3.63) is 17.5 Å². The third-order valence-corrected chi connectivity index (χ3v) is 5.59. The van der Waals surface area contributed by atoms with Crippen molar-refractivity contribution in [3.8, 4) is 0 Å². The van der Waals surface area contributed by atoms with E-state index in [2.05, 4.69) is 25.5 Å². The molecule has 2 unspecified atom stereocenters. The largest absolute Gasteiger partial charge is 0.377 e. The van der Waals surface area contributed by atoms with Gasteiger partial charge < -0.3 is 24.4 Å². The zero-order chi connectivity index (χ0) is 22.0. The summed E-state index contributed by atoms with van der Waals surface area (Å²) in [5.41, 5.74) is 0. The molecule has 4 rings (SSSR count). The van der Waals surface area contributed by atoms with E-state index in [1.54, 1.807) is 21.6 Å². The first-order chi connectivity index (χ1) is 14.9. The second kappa shape index (κ2) is 9.00. The maximum absolute atomic E-state index is 12.8. The number of rotatable bonds is 5. The molecule has 2 amide bonds. The van der Waals surface area contributed by atoms with Crippen LogP contribution in [0.5, 0.6) is 0 Å². The lowest BCUT2D eigenvalue weighted by Crippen LogP contribution is -2.50. The SMILES string of the molecule is COCc1nc2n(n1)CC(NC(=O)C(=O)N1CCCC(c3nc(N(C)C)no3)C1)CC2. The summed E-state index contributed by atoms with van der Waals surface area (Å²) < 4.78 is 12.2. The molecule has 4 heterocycles. The molecule has 0 radical (unpaired) electrons. The molecular formula is C19H28N8O4. The number of amides is 2. The number of anilines is 1. The van der Waals surface area contributed by atoms with Crippen molar-refractivity contribution >= 4 is 17.8 Å². The van der Waals surface area contributed by atoms with Gasteiger partial charge in [0.1, 0.15) is 12.4 Å². The second-order valence-electron chi connectivity index (χ2n) is 8.19. The minimum absolute atomic E-state index is 0.0710. The van der Waals surface area contributed by atoms with E-state index in [1.165, 1.54) is 0 Å². The van der Waals surface area contributed by atoms with Crippen molar-refractivity contribution in [2.45, 2.75) is 50.8 Å². The minimum atomic E-state index is -0.592. The molecule has 0 spiro atoms. The fraction of sp³-hybridized carbons (Fsp3) is 0.684. The van der Waals surface area contributed by atoms with Crippen LogP contribution in [0, 0.1) is 0 Å². The second-order valence-corrected chi connectivity index (χ2v) is 8.19. The predicted octanol–water partition coefficient (Wildman–Crippen LogP) is -0.289. The summed E-state index contributed by atoms with van der Waals surface area (Å²) in [5, 5.41) is 11.2. The van der Waals surface area contributed by atoms with Crippen molar-refractivity contribution < 1.29 is 18.8 Å². The summed E-state index contributed by atoms with van der Waals surface area (Å²) in [5.74, 6) is 1.30. The van der Waals surface area contributed by atoms with Gasteiger partial charge >= 0.3 is 11.8 Å². The van der Waals surface area contributed by atoms with Crippen LogP contribution in [-0.2, 0) is 33.9 Å². The van der Waals surface area contributed by atoms with Crippen LogP contribution in [0.4, 0.5) is 5.95 Å². The molecular weight excluding hydrogens is 404 g/mol. The molecule has 0 bridgehead atoms. The van der Waals surface area contributed by atoms with Crippen LogP contribution in [0.2, 0.25) is 0 Å². The number of nitrogens with zero attached hydrogens (tertiary/aromatic N) is 7. The molecule has 2 aromatic rings. The number of hydrogen-bond acceptors (Lipinski definition) is 9. The number of hydrogen-bond donors (Lipinski definition) is 1. The average molecular weight is 432 g/mol. The van der Waals surface area contributed by atoms with Gasteiger partial charge in [-0.3, -0.25) is 9.59 Å². The van der Waals surface area contributed by atoms with Gasteiger partial charge in [-0.05, 0) is 24.4 Å². The van der Waals surface area contributed by atoms with Crippen LogP contribution >= 0.6 is 0 Å². The highest BCUT2D eigenvalue weighted by atomic mass is 16.5. The Morgan fingerprint density at radius 1 is 1.26 bits per heavy atom. The zero-order valence-electron chi connectivity index (χ0n) is 18.1. The standard InChI is InChI=1S/C19H28N8O4/c1-25(2)19-22-17(31-24-19)12-5-4-8-26(9-12)18(29)16(28)20-13-6-7-15-21-14(11-30-3)23-27(15)10-13/h12-13H,4-11H2,1-3H3,(H,20,28). The average Bonchev–Trinajstić information content (AvgIpc) is 3.40. The van der Waals surface area contributed by atoms with E-state index >= 15 is 0 Å².